The fraction of sp³-hybridized carbons (Fsp3) is 0.188. The molecule has 2 atom stereocenters. The number of ketones is 1. The molecule has 0 bridgehead atoms. The van der Waals surface area contributed by atoms with Crippen LogP contribution in [0.15, 0.2) is 115 Å². The van der Waals surface area contributed by atoms with Crippen molar-refractivity contribution >= 4 is 35.6 Å². The Balaban J connectivity index is 0.000000657. The third kappa shape index (κ3) is 12.0. The summed E-state index contributed by atoms with van der Waals surface area (Å²) < 4.78 is 19.7. The molecule has 5 nitrogen and oxygen atoms in total. The number of Topliss-reactive ketones (excluding diaryl/α,β-unsaturated/α-hetero) is 1. The van der Waals surface area contributed by atoms with Crippen LogP contribution >= 0.6 is 7.92 Å². The monoisotopic (exact) mass is 582 g/mol. The van der Waals surface area contributed by atoms with E-state index in [0.29, 0.717) is 0 Å². The van der Waals surface area contributed by atoms with Crippen LogP contribution in [-0.2, 0) is 40.7 Å². The Morgan fingerprint density at radius 1 is 0.795 bits per heavy atom. The van der Waals surface area contributed by atoms with Gasteiger partial charge in [0.05, 0.1) is 7.11 Å². The van der Waals surface area contributed by atoms with E-state index in [0.717, 1.165) is 12.8 Å². The average Bonchev–Trinajstić information content (AvgIpc) is 3.27. The van der Waals surface area contributed by atoms with Gasteiger partial charge < -0.3 is 4.74 Å². The Kier molecular flexibility index (Phi) is 19.8. The van der Waals surface area contributed by atoms with Crippen molar-refractivity contribution in [3.8, 4) is 0 Å². The minimum atomic E-state index is -0.647. The van der Waals surface area contributed by atoms with Crippen molar-refractivity contribution in [3.05, 3.63) is 129 Å². The van der Waals surface area contributed by atoms with Gasteiger partial charge in [-0.05, 0) is 49.5 Å². The van der Waals surface area contributed by atoms with Crippen LogP contribution in [0.2, 0.25) is 0 Å². The molecule has 0 heterocycles. The van der Waals surface area contributed by atoms with Crippen molar-refractivity contribution in [2.45, 2.75) is 19.8 Å². The van der Waals surface area contributed by atoms with E-state index >= 15 is 0 Å². The number of benzene rings is 3. The van der Waals surface area contributed by atoms with Crippen LogP contribution in [0.25, 0.3) is 0 Å². The Morgan fingerprint density at radius 3 is 1.56 bits per heavy atom. The van der Waals surface area contributed by atoms with Gasteiger partial charge in [0, 0.05) is 17.1 Å². The fourth-order valence-corrected chi connectivity index (χ4v) is 6.30. The molecule has 3 aromatic rings. The fourth-order valence-electron chi connectivity index (χ4n) is 3.99. The van der Waals surface area contributed by atoms with Gasteiger partial charge in [0.25, 0.3) is 0 Å². The van der Waals surface area contributed by atoms with Crippen LogP contribution in [0.5, 0.6) is 0 Å². The smallest absolute Gasteiger partial charge is 0 e. The molecule has 202 valence electrons. The number of carbonyl (C=O) groups is 2. The van der Waals surface area contributed by atoms with E-state index in [1.165, 1.54) is 29.9 Å². The summed E-state index contributed by atoms with van der Waals surface area (Å²) in [6, 6.07) is 32.3. The van der Waals surface area contributed by atoms with Crippen LogP contribution in [0.3, 0.4) is 0 Å². The summed E-state index contributed by atoms with van der Waals surface area (Å²) >= 11 is 0. The number of allylic oxidation sites excluding steroid dienone is 4. The molecule has 1 unspecified atom stereocenters. The van der Waals surface area contributed by atoms with E-state index in [9.17, 15) is 9.59 Å². The zero-order chi connectivity index (χ0) is 28.2. The van der Waals surface area contributed by atoms with E-state index in [2.05, 4.69) is 109 Å². The number of methoxy groups -OCH3 is 1. The first kappa shape index (κ1) is 35.7. The van der Waals surface area contributed by atoms with Gasteiger partial charge in [-0.25, -0.2) is 0 Å². The van der Waals surface area contributed by atoms with E-state index in [1.807, 2.05) is 24.3 Å². The van der Waals surface area contributed by atoms with Crippen molar-refractivity contribution in [1.82, 2.24) is 0 Å². The SMILES string of the molecule is COC(=O)C(C(C)=O)[C@H]1C=CC=CCC1.[C-]#[O+].[C-]#[O+].[Fe].c1ccc(P(c2ccccc2)c2ccccc2)cc1. The maximum Gasteiger partial charge on any atom is 0 e. The quantitative estimate of drug-likeness (QED) is 0.0994. The maximum absolute atomic E-state index is 11.5. The molecule has 0 aliphatic heterocycles. The molecule has 0 saturated carbocycles. The molecule has 0 saturated heterocycles. The van der Waals surface area contributed by atoms with Crippen molar-refractivity contribution in [1.29, 1.82) is 0 Å². The van der Waals surface area contributed by atoms with Gasteiger partial charge in [-0.2, -0.15) is 0 Å². The van der Waals surface area contributed by atoms with Crippen molar-refractivity contribution in [3.63, 3.8) is 0 Å². The van der Waals surface area contributed by atoms with E-state index in [4.69, 9.17) is 9.30 Å². The first-order valence-corrected chi connectivity index (χ1v) is 13.2. The average molecular weight is 582 g/mol. The zero-order valence-corrected chi connectivity index (χ0v) is 23.9. The third-order valence-electron chi connectivity index (χ3n) is 5.64. The molecule has 0 N–H and O–H groups in total. The van der Waals surface area contributed by atoms with Gasteiger partial charge >= 0.3 is 28.6 Å². The van der Waals surface area contributed by atoms with Crippen molar-refractivity contribution in [2.75, 3.05) is 7.11 Å². The summed E-state index contributed by atoms with van der Waals surface area (Å²) in [5.74, 6) is -1.24. The normalized spacial score (nSPS) is 13.7. The summed E-state index contributed by atoms with van der Waals surface area (Å²) in [4.78, 5) is 22.9. The van der Waals surface area contributed by atoms with Crippen LogP contribution in [-0.4, -0.2) is 18.9 Å². The van der Waals surface area contributed by atoms with Crippen LogP contribution in [0.4, 0.5) is 0 Å². The zero-order valence-electron chi connectivity index (χ0n) is 21.9. The number of rotatable bonds is 6. The Hall–Kier alpha value is -3.29. The second-order valence-electron chi connectivity index (χ2n) is 8.01. The molecule has 4 rings (SSSR count). The predicted molar refractivity (Wildman–Crippen MR) is 150 cm³/mol. The summed E-state index contributed by atoms with van der Waals surface area (Å²) in [7, 11) is 0.870. The summed E-state index contributed by atoms with van der Waals surface area (Å²) in [6.07, 6.45) is 9.47. The van der Waals surface area contributed by atoms with Gasteiger partial charge in [0.2, 0.25) is 0 Å². The minimum absolute atomic E-state index is 0. The molecule has 1 aliphatic carbocycles. The van der Waals surface area contributed by atoms with Gasteiger partial charge in [-0.3, -0.25) is 9.59 Å². The molecule has 3 aromatic carbocycles. The Morgan fingerprint density at radius 2 is 1.21 bits per heavy atom. The molecule has 39 heavy (non-hydrogen) atoms. The molecule has 0 aromatic heterocycles. The second kappa shape index (κ2) is 21.6. The van der Waals surface area contributed by atoms with Gasteiger partial charge in [-0.1, -0.05) is 115 Å². The van der Waals surface area contributed by atoms with E-state index in [1.54, 1.807) is 0 Å². The largest absolute Gasteiger partial charge is 0.0622 e. The summed E-state index contributed by atoms with van der Waals surface area (Å²) in [5.41, 5.74) is 0. The number of hydrogen-bond acceptors (Lipinski definition) is 3. The number of carbonyl (C=O) groups excluding carboxylic acids is 2. The Bertz CT molecular complexity index is 1090. The molecule has 7 heteroatoms. The van der Waals surface area contributed by atoms with Crippen LogP contribution < -0.4 is 15.9 Å². The predicted octanol–water partition coefficient (Wildman–Crippen LogP) is 5.25. The third-order valence-corrected chi connectivity index (χ3v) is 8.08. The molecule has 0 radical (unpaired) electrons. The van der Waals surface area contributed by atoms with Gasteiger partial charge in [0.15, 0.2) is 0 Å². The van der Waals surface area contributed by atoms with E-state index < -0.39 is 19.8 Å². The Labute approximate surface area is 243 Å². The van der Waals surface area contributed by atoms with Gasteiger partial charge in [0.1, 0.15) is 11.7 Å². The van der Waals surface area contributed by atoms with E-state index in [-0.39, 0.29) is 28.8 Å². The van der Waals surface area contributed by atoms with Crippen LogP contribution in [0, 0.1) is 25.1 Å². The molecular weight excluding hydrogens is 551 g/mol. The topological polar surface area (TPSA) is 83.2 Å². The van der Waals surface area contributed by atoms with Crippen LogP contribution in [0.1, 0.15) is 19.8 Å². The number of hydrogen-bond donors (Lipinski definition) is 0. The molecule has 0 amide bonds. The molecule has 0 fully saturated rings. The minimum Gasteiger partial charge on any atom is -0.0622 e. The summed E-state index contributed by atoms with van der Waals surface area (Å²) in [6.45, 7) is 10.4. The first-order valence-electron chi connectivity index (χ1n) is 11.9. The first-order chi connectivity index (χ1) is 18.6. The maximum atomic E-state index is 11.5. The number of ether oxygens (including phenoxy) is 1. The van der Waals surface area contributed by atoms with Crippen molar-refractivity contribution in [2.24, 2.45) is 11.8 Å². The van der Waals surface area contributed by atoms with Crippen molar-refractivity contribution < 1.29 is 40.7 Å². The summed E-state index contributed by atoms with van der Waals surface area (Å²) in [5, 5.41) is 4.19. The second-order valence-corrected chi connectivity index (χ2v) is 10.2. The van der Waals surface area contributed by atoms with Gasteiger partial charge in [-0.15, -0.1) is 0 Å². The number of esters is 1. The molecule has 1 aliphatic rings. The standard InChI is InChI=1S/C18H15P.C12H16O3.2CO.Fe/c1-4-10-16(11-5-1)19(17-12-6-2-7-13-17)18-14-8-3-9-15-18;1-9(13)11(12(14)15-2)10-7-5-3-4-6-8-10;2*1-2;/h1-15H;3-5,7,10-11H,6,8H2,1-2H3;;;/t;10-,11?;;;/m.0.../s1. The molecular formula is C32H31FeO5P. The molecule has 0 spiro atoms.